The fourth-order valence-electron chi connectivity index (χ4n) is 5.32. The van der Waals surface area contributed by atoms with E-state index in [4.69, 9.17) is 18.9 Å². The maximum atomic E-state index is 13.2. The van der Waals surface area contributed by atoms with Crippen molar-refractivity contribution < 1.29 is 38.1 Å². The number of hydrogen-bond donors (Lipinski definition) is 4. The summed E-state index contributed by atoms with van der Waals surface area (Å²) < 4.78 is 23.9. The monoisotopic (exact) mass is 764 g/mol. The SMILES string of the molecule is CCCOc1cc(-c2cc(OCCC)c(N/N=C(\C(C)=O)C(=O)Nc3ccccc3C)cc2OC)c(OC)cc1N/N=C(\C(C)=O)C(=O)Nc1ccccc1C. The topological polar surface area (TPSA) is 178 Å². The van der Waals surface area contributed by atoms with Crippen LogP contribution in [0.15, 0.2) is 83.0 Å². The molecule has 0 saturated heterocycles. The molecule has 0 spiro atoms. The number of amides is 2. The van der Waals surface area contributed by atoms with Crippen LogP contribution in [0.25, 0.3) is 11.1 Å². The van der Waals surface area contributed by atoms with E-state index in [0.29, 0.717) is 82.9 Å². The minimum atomic E-state index is -0.677. The second kappa shape index (κ2) is 20.1. The fraction of sp³-hybridized carbons (Fsp3) is 0.286. The largest absolute Gasteiger partial charge is 0.496 e. The Morgan fingerprint density at radius 2 is 0.929 bits per heavy atom. The molecule has 0 bridgehead atoms. The summed E-state index contributed by atoms with van der Waals surface area (Å²) in [5, 5.41) is 13.9. The number of carbonyl (C=O) groups is 4. The molecule has 294 valence electrons. The van der Waals surface area contributed by atoms with Gasteiger partial charge in [0.15, 0.2) is 23.0 Å². The molecule has 4 aromatic rings. The molecular formula is C42H48N6O8. The Bertz CT molecular complexity index is 1990. The van der Waals surface area contributed by atoms with Crippen molar-refractivity contribution in [3.8, 4) is 34.1 Å². The zero-order chi connectivity index (χ0) is 40.8. The van der Waals surface area contributed by atoms with Gasteiger partial charge in [-0.1, -0.05) is 50.2 Å². The first-order chi connectivity index (χ1) is 26.9. The van der Waals surface area contributed by atoms with Crippen LogP contribution in [-0.2, 0) is 19.2 Å². The highest BCUT2D eigenvalue weighted by Gasteiger charge is 2.23. The van der Waals surface area contributed by atoms with Gasteiger partial charge < -0.3 is 29.6 Å². The van der Waals surface area contributed by atoms with Gasteiger partial charge in [0.1, 0.15) is 34.4 Å². The van der Waals surface area contributed by atoms with Gasteiger partial charge in [-0.3, -0.25) is 30.0 Å². The second-order valence-electron chi connectivity index (χ2n) is 12.6. The summed E-state index contributed by atoms with van der Waals surface area (Å²) in [6.07, 6.45) is 1.37. The van der Waals surface area contributed by atoms with Gasteiger partial charge >= 0.3 is 0 Å². The minimum Gasteiger partial charge on any atom is -0.496 e. The molecule has 0 aliphatic rings. The van der Waals surface area contributed by atoms with Gasteiger partial charge in [0.2, 0.25) is 0 Å². The van der Waals surface area contributed by atoms with E-state index in [0.717, 1.165) is 11.1 Å². The first-order valence-electron chi connectivity index (χ1n) is 18.0. The van der Waals surface area contributed by atoms with E-state index in [2.05, 4.69) is 31.7 Å². The zero-order valence-electron chi connectivity index (χ0n) is 32.9. The standard InChI is InChI=1S/C42H48N6O8/c1-9-19-55-37-21-29(35(53-7)23-33(37)45-47-39(27(5)49)41(51)43-31-17-13-11-15-25(31)3)30-22-38(56-20-10-2)34(24-36(30)54-8)46-48-40(28(6)50)42(52)44-32-18-14-12-16-26(32)4/h11-18,21-24,45-46H,9-10,19-20H2,1-8H3,(H,43,51)(H,44,52)/b47-39+,48-40+. The average molecular weight is 765 g/mol. The number of carbonyl (C=O) groups excluding carboxylic acids is 4. The smallest absolute Gasteiger partial charge is 0.279 e. The van der Waals surface area contributed by atoms with Gasteiger partial charge in [-0.15, -0.1) is 0 Å². The quantitative estimate of drug-likeness (QED) is 0.0423. The Morgan fingerprint density at radius 3 is 1.25 bits per heavy atom. The zero-order valence-corrected chi connectivity index (χ0v) is 32.9. The van der Waals surface area contributed by atoms with Gasteiger partial charge in [0, 0.05) is 48.5 Å². The highest BCUT2D eigenvalue weighted by Crippen LogP contribution is 2.46. The number of Topliss-reactive ketones (excluding diaryl/α,β-unsaturated/α-hetero) is 2. The number of nitrogens with zero attached hydrogens (tertiary/aromatic N) is 2. The van der Waals surface area contributed by atoms with Gasteiger partial charge in [0.05, 0.1) is 27.4 Å². The van der Waals surface area contributed by atoms with E-state index in [9.17, 15) is 19.2 Å². The lowest BCUT2D eigenvalue weighted by Gasteiger charge is -2.20. The molecule has 4 N–H and O–H groups in total. The molecule has 0 radical (unpaired) electrons. The molecule has 0 heterocycles. The molecule has 56 heavy (non-hydrogen) atoms. The van der Waals surface area contributed by atoms with Crippen molar-refractivity contribution in [2.24, 2.45) is 10.2 Å². The molecule has 4 rings (SSSR count). The molecular weight excluding hydrogens is 716 g/mol. The van der Waals surface area contributed by atoms with Crippen molar-refractivity contribution in [1.29, 1.82) is 0 Å². The van der Waals surface area contributed by atoms with E-state index < -0.39 is 23.4 Å². The van der Waals surface area contributed by atoms with Crippen LogP contribution in [0.1, 0.15) is 51.7 Å². The molecule has 0 aliphatic carbocycles. The van der Waals surface area contributed by atoms with E-state index in [1.807, 2.05) is 52.0 Å². The highest BCUT2D eigenvalue weighted by molar-refractivity contribution is 6.67. The normalized spacial score (nSPS) is 11.3. The number of ether oxygens (including phenoxy) is 4. The molecule has 14 heteroatoms. The number of anilines is 4. The number of rotatable bonds is 19. The average Bonchev–Trinajstić information content (AvgIpc) is 3.17. The lowest BCUT2D eigenvalue weighted by Crippen LogP contribution is -2.29. The van der Waals surface area contributed by atoms with Gasteiger partial charge in [-0.2, -0.15) is 10.2 Å². The van der Waals surface area contributed by atoms with Crippen molar-refractivity contribution in [2.45, 2.75) is 54.4 Å². The first-order valence-corrected chi connectivity index (χ1v) is 18.0. The molecule has 0 aromatic heterocycles. The van der Waals surface area contributed by atoms with Crippen molar-refractivity contribution in [3.05, 3.63) is 83.9 Å². The highest BCUT2D eigenvalue weighted by atomic mass is 16.5. The van der Waals surface area contributed by atoms with Crippen molar-refractivity contribution in [2.75, 3.05) is 48.9 Å². The summed E-state index contributed by atoms with van der Waals surface area (Å²) in [4.78, 5) is 51.5. The van der Waals surface area contributed by atoms with Crippen LogP contribution in [0.4, 0.5) is 22.7 Å². The lowest BCUT2D eigenvalue weighted by atomic mass is 10.0. The summed E-state index contributed by atoms with van der Waals surface area (Å²) in [5.41, 5.74) is 9.50. The van der Waals surface area contributed by atoms with E-state index in [-0.39, 0.29) is 11.4 Å². The van der Waals surface area contributed by atoms with E-state index in [1.165, 1.54) is 28.1 Å². The second-order valence-corrected chi connectivity index (χ2v) is 12.6. The van der Waals surface area contributed by atoms with E-state index in [1.54, 1.807) is 48.5 Å². The van der Waals surface area contributed by atoms with Crippen LogP contribution in [0.3, 0.4) is 0 Å². The molecule has 2 amide bonds. The molecule has 14 nitrogen and oxygen atoms in total. The van der Waals surface area contributed by atoms with Crippen LogP contribution in [0.2, 0.25) is 0 Å². The van der Waals surface area contributed by atoms with Crippen LogP contribution in [0, 0.1) is 13.8 Å². The van der Waals surface area contributed by atoms with Gasteiger partial charge in [0.25, 0.3) is 11.8 Å². The molecule has 0 unspecified atom stereocenters. The number of hydrogen-bond acceptors (Lipinski definition) is 12. The summed E-state index contributed by atoms with van der Waals surface area (Å²) in [5.74, 6) is -1.02. The third kappa shape index (κ3) is 10.7. The summed E-state index contributed by atoms with van der Waals surface area (Å²) >= 11 is 0. The minimum absolute atomic E-state index is 0.330. The predicted molar refractivity (Wildman–Crippen MR) is 220 cm³/mol. The number of ketones is 2. The number of para-hydroxylation sites is 2. The number of nitrogens with one attached hydrogen (secondary N) is 4. The van der Waals surface area contributed by atoms with Crippen LogP contribution in [-0.4, -0.2) is 62.2 Å². The summed E-state index contributed by atoms with van der Waals surface area (Å²) in [6, 6.07) is 21.1. The molecule has 4 aromatic carbocycles. The number of aryl methyl sites for hydroxylation is 2. The molecule has 0 atom stereocenters. The number of hydrazone groups is 2. The van der Waals surface area contributed by atoms with Crippen molar-refractivity contribution >= 4 is 57.6 Å². The first kappa shape index (κ1) is 42.0. The Morgan fingerprint density at radius 1 is 0.554 bits per heavy atom. The summed E-state index contributed by atoms with van der Waals surface area (Å²) in [7, 11) is 2.98. The predicted octanol–water partition coefficient (Wildman–Crippen LogP) is 7.56. The molecule has 0 aliphatic heterocycles. The van der Waals surface area contributed by atoms with Crippen molar-refractivity contribution in [1.82, 2.24) is 0 Å². The van der Waals surface area contributed by atoms with Crippen LogP contribution in [0.5, 0.6) is 23.0 Å². The lowest BCUT2D eigenvalue weighted by molar-refractivity contribution is -0.116. The number of benzene rings is 4. The fourth-order valence-corrected chi connectivity index (χ4v) is 5.32. The Hall–Kier alpha value is -6.70. The third-order valence-corrected chi connectivity index (χ3v) is 8.28. The Balaban J connectivity index is 1.76. The molecule has 0 saturated carbocycles. The molecule has 0 fully saturated rings. The van der Waals surface area contributed by atoms with Gasteiger partial charge in [-0.25, -0.2) is 0 Å². The third-order valence-electron chi connectivity index (χ3n) is 8.28. The Labute approximate surface area is 326 Å². The van der Waals surface area contributed by atoms with Crippen LogP contribution < -0.4 is 40.4 Å². The van der Waals surface area contributed by atoms with Crippen LogP contribution >= 0.6 is 0 Å². The maximum absolute atomic E-state index is 13.2. The van der Waals surface area contributed by atoms with Gasteiger partial charge in [-0.05, 0) is 62.1 Å². The van der Waals surface area contributed by atoms with E-state index >= 15 is 0 Å². The summed E-state index contributed by atoms with van der Waals surface area (Å²) in [6.45, 7) is 10.8. The maximum Gasteiger partial charge on any atom is 0.279 e. The van der Waals surface area contributed by atoms with Crippen molar-refractivity contribution in [3.63, 3.8) is 0 Å². The number of methoxy groups -OCH3 is 2. The Kier molecular flexibility index (Phi) is 15.1.